The van der Waals surface area contributed by atoms with Crippen LogP contribution in [0.25, 0.3) is 5.57 Å². The topological polar surface area (TPSA) is 28.7 Å². The van der Waals surface area contributed by atoms with Gasteiger partial charge in [-0.3, -0.25) is 0 Å². The molecule has 0 amide bonds. The van der Waals surface area contributed by atoms with E-state index in [-0.39, 0.29) is 0 Å². The fourth-order valence-corrected chi connectivity index (χ4v) is 4.39. The molecule has 0 saturated carbocycles. The van der Waals surface area contributed by atoms with Gasteiger partial charge < -0.3 is 4.98 Å². The van der Waals surface area contributed by atoms with E-state index in [0.29, 0.717) is 10.0 Å². The Kier molecular flexibility index (Phi) is 13.8. The molecule has 180 valence electrons. The molecule has 1 heterocycles. The van der Waals surface area contributed by atoms with Gasteiger partial charge >= 0.3 is 0 Å². The first-order valence-corrected chi connectivity index (χ1v) is 13.3. The van der Waals surface area contributed by atoms with Crippen molar-refractivity contribution in [1.29, 1.82) is 0 Å². The molecule has 0 bridgehead atoms. The minimum Gasteiger partial charge on any atom is -0.348 e. The molecule has 1 N–H and O–H groups in total. The predicted molar refractivity (Wildman–Crippen MR) is 150 cm³/mol. The van der Waals surface area contributed by atoms with Gasteiger partial charge in [0.25, 0.3) is 0 Å². The van der Waals surface area contributed by atoms with E-state index in [1.165, 1.54) is 75.2 Å². The van der Waals surface area contributed by atoms with Crippen molar-refractivity contribution in [2.45, 2.75) is 78.1 Å². The van der Waals surface area contributed by atoms with Crippen molar-refractivity contribution in [2.24, 2.45) is 0 Å². The third-order valence-corrected chi connectivity index (χ3v) is 6.51. The summed E-state index contributed by atoms with van der Waals surface area (Å²) in [5.41, 5.74) is 5.30. The van der Waals surface area contributed by atoms with E-state index in [4.69, 9.17) is 31.0 Å². The van der Waals surface area contributed by atoms with Crippen molar-refractivity contribution < 1.29 is 0 Å². The van der Waals surface area contributed by atoms with E-state index in [1.54, 1.807) is 0 Å². The summed E-state index contributed by atoms with van der Waals surface area (Å²) in [6, 6.07) is 15.1. The molecule has 2 aromatic carbocycles. The summed E-state index contributed by atoms with van der Waals surface area (Å²) in [4.78, 5) is 7.77. The molecular weight excluding hydrogens is 458 g/mol. The maximum atomic E-state index is 6.16. The molecule has 0 fully saturated rings. The molecule has 3 rings (SSSR count). The highest BCUT2D eigenvalue weighted by atomic mass is 35.5. The monoisotopic (exact) mass is 494 g/mol. The van der Waals surface area contributed by atoms with Crippen LogP contribution in [0.4, 0.5) is 0 Å². The van der Waals surface area contributed by atoms with Crippen molar-refractivity contribution in [2.75, 3.05) is 0 Å². The normalized spacial score (nSPS) is 10.5. The lowest BCUT2D eigenvalue weighted by Gasteiger charge is -2.11. The van der Waals surface area contributed by atoms with Crippen molar-refractivity contribution in [3.63, 3.8) is 0 Å². The Morgan fingerprint density at radius 2 is 1.32 bits per heavy atom. The Labute approximate surface area is 217 Å². The van der Waals surface area contributed by atoms with Gasteiger partial charge in [-0.25, -0.2) is 4.98 Å². The molecule has 0 unspecified atom stereocenters. The van der Waals surface area contributed by atoms with Crippen LogP contribution < -0.4 is 0 Å². The van der Waals surface area contributed by atoms with Gasteiger partial charge in [-0.1, -0.05) is 112 Å². The molecule has 0 spiro atoms. The van der Waals surface area contributed by atoms with E-state index >= 15 is 0 Å². The van der Waals surface area contributed by atoms with Crippen LogP contribution in [-0.4, -0.2) is 17.8 Å². The predicted octanol–water partition coefficient (Wildman–Crippen LogP) is 9.21. The second-order valence-corrected chi connectivity index (χ2v) is 9.30. The maximum Gasteiger partial charge on any atom is 0.103 e. The lowest BCUT2D eigenvalue weighted by molar-refractivity contribution is 0.643. The van der Waals surface area contributed by atoms with E-state index < -0.39 is 0 Å². The number of halogens is 2. The maximum absolute atomic E-state index is 6.16. The molecule has 0 atom stereocenters. The zero-order chi connectivity index (χ0) is 24.6. The van der Waals surface area contributed by atoms with Crippen LogP contribution in [0, 0.1) is 0 Å². The molecule has 0 saturated heterocycles. The molecule has 34 heavy (non-hydrogen) atoms. The number of hydrogen-bond acceptors (Lipinski definition) is 1. The number of H-pyrrole nitrogens is 1. The Bertz CT molecular complexity index is 923. The van der Waals surface area contributed by atoms with E-state index in [2.05, 4.69) is 23.8 Å². The van der Waals surface area contributed by atoms with Gasteiger partial charge in [0.2, 0.25) is 0 Å². The van der Waals surface area contributed by atoms with Crippen LogP contribution in [0.2, 0.25) is 10.0 Å². The smallest absolute Gasteiger partial charge is 0.103 e. The summed E-state index contributed by atoms with van der Waals surface area (Å²) in [7, 11) is 5.70. The molecule has 5 heteroatoms. The minimum absolute atomic E-state index is 0.657. The average Bonchev–Trinajstić information content (AvgIpc) is 3.30. The number of benzene rings is 2. The molecular formula is C29H37BCl2N2. The van der Waals surface area contributed by atoms with Gasteiger partial charge in [0.05, 0.1) is 12.0 Å². The van der Waals surface area contributed by atoms with Crippen LogP contribution >= 0.6 is 23.2 Å². The lowest BCUT2D eigenvalue weighted by atomic mass is 9.92. The highest BCUT2D eigenvalue weighted by molar-refractivity contribution is 6.35. The Morgan fingerprint density at radius 3 is 1.82 bits per heavy atom. The third kappa shape index (κ3) is 9.35. The fourth-order valence-electron chi connectivity index (χ4n) is 3.91. The quantitative estimate of drug-likeness (QED) is 0.197. The average molecular weight is 495 g/mol. The first-order valence-electron chi connectivity index (χ1n) is 12.5. The van der Waals surface area contributed by atoms with E-state index in [0.717, 1.165) is 23.1 Å². The van der Waals surface area contributed by atoms with Gasteiger partial charge in [-0.2, -0.15) is 0 Å². The molecule has 2 nitrogen and oxygen atoms in total. The fraction of sp³-hybridized carbons (Fsp3) is 0.414. The number of aryl methyl sites for hydroxylation is 2. The molecule has 0 aliphatic carbocycles. The van der Waals surface area contributed by atoms with E-state index in [1.807, 2.05) is 54.9 Å². The second kappa shape index (κ2) is 16.6. The number of unbranched alkanes of at least 4 members (excludes halogenated alkanes) is 6. The second-order valence-electron chi connectivity index (χ2n) is 8.49. The van der Waals surface area contributed by atoms with Crippen LogP contribution in [0.5, 0.6) is 0 Å². The van der Waals surface area contributed by atoms with Crippen LogP contribution in [0.15, 0.2) is 60.8 Å². The SMILES string of the molecule is CCCCCCc1nc[nH]c1CCCCCC.[B]C=C(c1ccccc1Cl)c1ccccc1Cl. The van der Waals surface area contributed by atoms with Crippen molar-refractivity contribution >= 4 is 36.6 Å². The Balaban J connectivity index is 0.000000240. The Hall–Kier alpha value is -1.97. The highest BCUT2D eigenvalue weighted by Gasteiger charge is 2.10. The summed E-state index contributed by atoms with van der Waals surface area (Å²) >= 11 is 12.3. The standard InChI is InChI=1S/C15H28N2.C14H9BCl2/c1-3-5-7-9-11-14-15(17-13-16-14)12-10-8-6-4-2;15-9-12(10-5-1-3-7-13(10)16)11-6-2-4-8-14(11)17/h13H,3-12H2,1-2H3,(H,16,17);1-9H. The van der Waals surface area contributed by atoms with Gasteiger partial charge in [0.15, 0.2) is 0 Å². The molecule has 3 aromatic rings. The molecule has 2 radical (unpaired) electrons. The molecule has 0 aliphatic rings. The highest BCUT2D eigenvalue weighted by Crippen LogP contribution is 2.32. The van der Waals surface area contributed by atoms with Crippen molar-refractivity contribution in [3.05, 3.63) is 93.4 Å². The number of imidazole rings is 1. The van der Waals surface area contributed by atoms with Gasteiger partial charge in [0, 0.05) is 15.7 Å². The minimum atomic E-state index is 0.657. The molecule has 1 aromatic heterocycles. The zero-order valence-electron chi connectivity index (χ0n) is 20.6. The number of nitrogens with zero attached hydrogens (tertiary/aromatic N) is 1. The first-order chi connectivity index (χ1) is 16.6. The van der Waals surface area contributed by atoms with Crippen LogP contribution in [0.3, 0.4) is 0 Å². The van der Waals surface area contributed by atoms with Crippen molar-refractivity contribution in [1.82, 2.24) is 9.97 Å². The number of aromatic nitrogens is 2. The van der Waals surface area contributed by atoms with Crippen LogP contribution in [-0.2, 0) is 12.8 Å². The first kappa shape index (κ1) is 28.3. The third-order valence-electron chi connectivity index (χ3n) is 5.85. The number of aromatic amines is 1. The summed E-state index contributed by atoms with van der Waals surface area (Å²) in [6.07, 6.45) is 14.8. The number of rotatable bonds is 12. The van der Waals surface area contributed by atoms with Crippen LogP contribution in [0.1, 0.15) is 87.7 Å². The van der Waals surface area contributed by atoms with Gasteiger partial charge in [0.1, 0.15) is 7.85 Å². The zero-order valence-corrected chi connectivity index (χ0v) is 22.1. The summed E-state index contributed by atoms with van der Waals surface area (Å²) < 4.78 is 0. The Morgan fingerprint density at radius 1 is 0.794 bits per heavy atom. The molecule has 0 aliphatic heterocycles. The number of nitrogens with one attached hydrogen (secondary N) is 1. The largest absolute Gasteiger partial charge is 0.348 e. The summed E-state index contributed by atoms with van der Waals surface area (Å²) in [5.74, 6) is 1.53. The van der Waals surface area contributed by atoms with Gasteiger partial charge in [-0.15, -0.1) is 5.98 Å². The van der Waals surface area contributed by atoms with Gasteiger partial charge in [-0.05, 0) is 54.5 Å². The van der Waals surface area contributed by atoms with Crippen molar-refractivity contribution in [3.8, 4) is 0 Å². The summed E-state index contributed by atoms with van der Waals surface area (Å²) in [6.45, 7) is 4.52. The lowest BCUT2D eigenvalue weighted by Crippen LogP contribution is -1.94. The van der Waals surface area contributed by atoms with E-state index in [9.17, 15) is 0 Å². The summed E-state index contributed by atoms with van der Waals surface area (Å²) in [5, 5.41) is 1.31. The number of hydrogen-bond donors (Lipinski definition) is 1.